The Kier molecular flexibility index (Phi) is 4.40. The second-order valence-electron chi connectivity index (χ2n) is 2.87. The summed E-state index contributed by atoms with van der Waals surface area (Å²) in [4.78, 5) is 0. The minimum absolute atomic E-state index is 0.0224. The smallest absolute Gasteiger partial charge is 0.173 e. The average Bonchev–Trinajstić information content (AvgIpc) is 2.29. The lowest BCUT2D eigenvalue weighted by Crippen LogP contribution is -2.15. The number of amidine groups is 1. The SMILES string of the molecule is N/C(=N/O)c1ccccc1OCCCF. The zero-order chi connectivity index (χ0) is 11.1. The first-order chi connectivity index (χ1) is 7.29. The molecule has 0 fully saturated rings. The van der Waals surface area contributed by atoms with Crippen LogP contribution in [0.25, 0.3) is 0 Å². The van der Waals surface area contributed by atoms with Crippen LogP contribution in [0.2, 0.25) is 0 Å². The number of rotatable bonds is 5. The third kappa shape index (κ3) is 3.12. The molecule has 0 bridgehead atoms. The topological polar surface area (TPSA) is 67.8 Å². The summed E-state index contributed by atoms with van der Waals surface area (Å²) in [5.41, 5.74) is 5.94. The fourth-order valence-electron chi connectivity index (χ4n) is 1.09. The van der Waals surface area contributed by atoms with Gasteiger partial charge in [-0.15, -0.1) is 0 Å². The van der Waals surface area contributed by atoms with Gasteiger partial charge in [-0.2, -0.15) is 0 Å². The molecule has 0 heterocycles. The molecular formula is C10H13FN2O2. The van der Waals surface area contributed by atoms with Gasteiger partial charge < -0.3 is 15.7 Å². The van der Waals surface area contributed by atoms with Crippen molar-refractivity contribution in [2.45, 2.75) is 6.42 Å². The van der Waals surface area contributed by atoms with Crippen molar-refractivity contribution in [2.24, 2.45) is 10.9 Å². The molecule has 0 aliphatic rings. The van der Waals surface area contributed by atoms with Crippen molar-refractivity contribution in [3.63, 3.8) is 0 Å². The highest BCUT2D eigenvalue weighted by molar-refractivity contribution is 5.99. The number of halogens is 1. The van der Waals surface area contributed by atoms with Gasteiger partial charge >= 0.3 is 0 Å². The zero-order valence-corrected chi connectivity index (χ0v) is 8.19. The van der Waals surface area contributed by atoms with E-state index in [9.17, 15) is 4.39 Å². The highest BCUT2D eigenvalue weighted by Gasteiger charge is 2.06. The minimum atomic E-state index is -0.425. The van der Waals surface area contributed by atoms with Crippen LogP contribution in [0.1, 0.15) is 12.0 Å². The fourth-order valence-corrected chi connectivity index (χ4v) is 1.09. The van der Waals surface area contributed by atoms with Crippen LogP contribution in [-0.2, 0) is 0 Å². The molecule has 4 nitrogen and oxygen atoms in total. The molecule has 0 unspecified atom stereocenters. The first kappa shape index (κ1) is 11.3. The third-order valence-corrected chi connectivity index (χ3v) is 1.81. The molecule has 15 heavy (non-hydrogen) atoms. The van der Waals surface area contributed by atoms with Crippen LogP contribution in [0.15, 0.2) is 29.4 Å². The quantitative estimate of drug-likeness (QED) is 0.255. The van der Waals surface area contributed by atoms with Crippen LogP contribution in [0.5, 0.6) is 5.75 Å². The van der Waals surface area contributed by atoms with E-state index < -0.39 is 6.67 Å². The highest BCUT2D eigenvalue weighted by atomic mass is 19.1. The van der Waals surface area contributed by atoms with Crippen molar-refractivity contribution >= 4 is 5.84 Å². The maximum Gasteiger partial charge on any atom is 0.173 e. The molecule has 0 amide bonds. The number of alkyl halides is 1. The standard InChI is InChI=1S/C10H13FN2O2/c11-6-3-7-15-9-5-2-1-4-8(9)10(12)13-14/h1-2,4-5,14H,3,6-7H2,(H2,12,13). The van der Waals surface area contributed by atoms with Gasteiger partial charge in [0.1, 0.15) is 5.75 Å². The Bertz CT molecular complexity index is 342. The third-order valence-electron chi connectivity index (χ3n) is 1.81. The average molecular weight is 212 g/mol. The van der Waals surface area contributed by atoms with E-state index in [0.717, 1.165) is 0 Å². The molecule has 0 radical (unpaired) electrons. The van der Waals surface area contributed by atoms with E-state index in [1.54, 1.807) is 24.3 Å². The van der Waals surface area contributed by atoms with Crippen molar-refractivity contribution < 1.29 is 14.3 Å². The summed E-state index contributed by atoms with van der Waals surface area (Å²) in [5, 5.41) is 11.4. The predicted octanol–water partition coefficient (Wildman–Crippen LogP) is 1.52. The number of nitrogens with two attached hydrogens (primary N) is 1. The molecule has 1 aromatic carbocycles. The van der Waals surface area contributed by atoms with E-state index in [1.807, 2.05) is 0 Å². The van der Waals surface area contributed by atoms with Gasteiger partial charge in [0.05, 0.1) is 18.8 Å². The van der Waals surface area contributed by atoms with E-state index >= 15 is 0 Å². The molecule has 0 spiro atoms. The van der Waals surface area contributed by atoms with Gasteiger partial charge in [-0.05, 0) is 12.1 Å². The summed E-state index contributed by atoms with van der Waals surface area (Å²) in [6.07, 6.45) is 0.324. The van der Waals surface area contributed by atoms with Crippen molar-refractivity contribution in [3.05, 3.63) is 29.8 Å². The molecule has 82 valence electrons. The first-order valence-electron chi connectivity index (χ1n) is 4.55. The van der Waals surface area contributed by atoms with Crippen LogP contribution >= 0.6 is 0 Å². The zero-order valence-electron chi connectivity index (χ0n) is 8.19. The van der Waals surface area contributed by atoms with E-state index in [1.165, 1.54) is 0 Å². The number of para-hydroxylation sites is 1. The van der Waals surface area contributed by atoms with Gasteiger partial charge in [-0.25, -0.2) is 0 Å². The summed E-state index contributed by atoms with van der Waals surface area (Å²) in [7, 11) is 0. The summed E-state index contributed by atoms with van der Waals surface area (Å²) in [5.74, 6) is 0.465. The Morgan fingerprint density at radius 1 is 1.47 bits per heavy atom. The van der Waals surface area contributed by atoms with Crippen molar-refractivity contribution in [1.82, 2.24) is 0 Å². The minimum Gasteiger partial charge on any atom is -0.493 e. The van der Waals surface area contributed by atoms with E-state index in [4.69, 9.17) is 15.7 Å². The lowest BCUT2D eigenvalue weighted by atomic mass is 10.2. The van der Waals surface area contributed by atoms with Crippen LogP contribution < -0.4 is 10.5 Å². The molecule has 5 heteroatoms. The molecule has 0 aliphatic heterocycles. The maximum absolute atomic E-state index is 11.9. The Labute approximate surface area is 87.2 Å². The molecule has 1 rings (SSSR count). The molecule has 0 atom stereocenters. The summed E-state index contributed by atoms with van der Waals surface area (Å²) < 4.78 is 17.1. The van der Waals surface area contributed by atoms with Gasteiger partial charge in [-0.3, -0.25) is 4.39 Å². The lowest BCUT2D eigenvalue weighted by molar-refractivity contribution is 0.288. The second kappa shape index (κ2) is 5.85. The van der Waals surface area contributed by atoms with Crippen LogP contribution in [-0.4, -0.2) is 24.3 Å². The first-order valence-corrected chi connectivity index (χ1v) is 4.55. The maximum atomic E-state index is 11.9. The summed E-state index contributed by atoms with van der Waals surface area (Å²) in [6, 6.07) is 6.86. The van der Waals surface area contributed by atoms with Crippen molar-refractivity contribution in [1.29, 1.82) is 0 Å². The Hall–Kier alpha value is -1.78. The number of nitrogens with zero attached hydrogens (tertiary/aromatic N) is 1. The number of benzene rings is 1. The van der Waals surface area contributed by atoms with Gasteiger partial charge in [0, 0.05) is 6.42 Å². The van der Waals surface area contributed by atoms with Gasteiger partial charge in [0.15, 0.2) is 5.84 Å². The summed E-state index contributed by atoms with van der Waals surface area (Å²) in [6.45, 7) is -0.155. The number of hydrogen-bond donors (Lipinski definition) is 2. The van der Waals surface area contributed by atoms with E-state index in [-0.39, 0.29) is 12.4 Å². The summed E-state index contributed by atoms with van der Waals surface area (Å²) >= 11 is 0. The lowest BCUT2D eigenvalue weighted by Gasteiger charge is -2.09. The van der Waals surface area contributed by atoms with Crippen LogP contribution in [0.3, 0.4) is 0 Å². The molecule has 3 N–H and O–H groups in total. The van der Waals surface area contributed by atoms with Crippen molar-refractivity contribution in [2.75, 3.05) is 13.3 Å². The molecule has 0 aromatic heterocycles. The van der Waals surface area contributed by atoms with E-state index in [0.29, 0.717) is 17.7 Å². The number of oxime groups is 1. The second-order valence-corrected chi connectivity index (χ2v) is 2.87. The van der Waals surface area contributed by atoms with Crippen LogP contribution in [0.4, 0.5) is 4.39 Å². The number of hydrogen-bond acceptors (Lipinski definition) is 3. The Morgan fingerprint density at radius 2 is 2.20 bits per heavy atom. The van der Waals surface area contributed by atoms with Gasteiger partial charge in [0.2, 0.25) is 0 Å². The van der Waals surface area contributed by atoms with Crippen LogP contribution in [0, 0.1) is 0 Å². The Morgan fingerprint density at radius 3 is 2.87 bits per heavy atom. The predicted molar refractivity (Wildman–Crippen MR) is 55.0 cm³/mol. The Balaban J connectivity index is 2.77. The highest BCUT2D eigenvalue weighted by Crippen LogP contribution is 2.17. The monoisotopic (exact) mass is 212 g/mol. The normalized spacial score (nSPS) is 11.4. The molecular weight excluding hydrogens is 199 g/mol. The molecule has 0 saturated heterocycles. The van der Waals surface area contributed by atoms with Gasteiger partial charge in [-0.1, -0.05) is 17.3 Å². The van der Waals surface area contributed by atoms with Crippen molar-refractivity contribution in [3.8, 4) is 5.75 Å². The molecule has 1 aromatic rings. The van der Waals surface area contributed by atoms with Gasteiger partial charge in [0.25, 0.3) is 0 Å². The molecule has 0 aliphatic carbocycles. The van der Waals surface area contributed by atoms with E-state index in [2.05, 4.69) is 5.16 Å². The largest absolute Gasteiger partial charge is 0.493 e. The number of ether oxygens (including phenoxy) is 1. The molecule has 0 saturated carbocycles. The fraction of sp³-hybridized carbons (Fsp3) is 0.300.